The SMILES string of the molecule is COc1ccc(N2CCN(Cc3ccc(C(=O)NC(C)c4ccccc4)o3)CC2)cc1. The van der Waals surface area contributed by atoms with Crippen LogP contribution in [0.1, 0.15) is 34.8 Å². The maximum atomic E-state index is 12.5. The summed E-state index contributed by atoms with van der Waals surface area (Å²) >= 11 is 0. The fourth-order valence-electron chi connectivity index (χ4n) is 3.86. The molecule has 1 fully saturated rings. The smallest absolute Gasteiger partial charge is 0.287 e. The van der Waals surface area contributed by atoms with Crippen molar-refractivity contribution >= 4 is 11.6 Å². The molecule has 0 spiro atoms. The molecule has 3 aromatic rings. The molecule has 1 N–H and O–H groups in total. The first-order valence-corrected chi connectivity index (χ1v) is 10.7. The summed E-state index contributed by atoms with van der Waals surface area (Å²) in [5, 5.41) is 3.00. The van der Waals surface area contributed by atoms with Gasteiger partial charge >= 0.3 is 0 Å². The van der Waals surface area contributed by atoms with E-state index < -0.39 is 0 Å². The lowest BCUT2D eigenvalue weighted by atomic mass is 10.1. The van der Waals surface area contributed by atoms with Crippen molar-refractivity contribution in [3.63, 3.8) is 0 Å². The van der Waals surface area contributed by atoms with Crippen molar-refractivity contribution in [1.82, 2.24) is 10.2 Å². The van der Waals surface area contributed by atoms with Crippen molar-refractivity contribution < 1.29 is 13.9 Å². The lowest BCUT2D eigenvalue weighted by Crippen LogP contribution is -2.45. The number of methoxy groups -OCH3 is 1. The number of benzene rings is 2. The minimum absolute atomic E-state index is 0.0757. The lowest BCUT2D eigenvalue weighted by molar-refractivity contribution is 0.0907. The number of anilines is 1. The molecule has 1 aliphatic rings. The van der Waals surface area contributed by atoms with Crippen molar-refractivity contribution in [3.8, 4) is 5.75 Å². The number of hydrogen-bond acceptors (Lipinski definition) is 5. The third kappa shape index (κ3) is 5.27. The number of carbonyl (C=O) groups is 1. The van der Waals surface area contributed by atoms with Gasteiger partial charge in [0.05, 0.1) is 19.7 Å². The Morgan fingerprint density at radius 1 is 1.00 bits per heavy atom. The number of piperazine rings is 1. The summed E-state index contributed by atoms with van der Waals surface area (Å²) in [4.78, 5) is 17.3. The number of nitrogens with zero attached hydrogens (tertiary/aromatic N) is 2. The summed E-state index contributed by atoms with van der Waals surface area (Å²) in [6, 6.07) is 21.7. The van der Waals surface area contributed by atoms with Gasteiger partial charge in [-0.05, 0) is 48.9 Å². The summed E-state index contributed by atoms with van der Waals surface area (Å²) in [6.07, 6.45) is 0. The fourth-order valence-corrected chi connectivity index (χ4v) is 3.86. The Kier molecular flexibility index (Phi) is 6.57. The van der Waals surface area contributed by atoms with E-state index in [2.05, 4.69) is 27.2 Å². The molecule has 0 aliphatic carbocycles. The Hall–Kier alpha value is -3.25. The minimum atomic E-state index is -0.188. The summed E-state index contributed by atoms with van der Waals surface area (Å²) in [6.45, 7) is 6.47. The average molecular weight is 420 g/mol. The van der Waals surface area contributed by atoms with Gasteiger partial charge < -0.3 is 19.4 Å². The maximum absolute atomic E-state index is 12.5. The minimum Gasteiger partial charge on any atom is -0.497 e. The van der Waals surface area contributed by atoms with Crippen molar-refractivity contribution in [2.45, 2.75) is 19.5 Å². The van der Waals surface area contributed by atoms with E-state index in [1.807, 2.05) is 55.5 Å². The molecular weight excluding hydrogens is 390 g/mol. The van der Waals surface area contributed by atoms with Crippen molar-refractivity contribution in [3.05, 3.63) is 83.8 Å². The summed E-state index contributed by atoms with van der Waals surface area (Å²) in [7, 11) is 1.68. The van der Waals surface area contributed by atoms with Gasteiger partial charge in [-0.15, -0.1) is 0 Å². The zero-order valence-corrected chi connectivity index (χ0v) is 18.1. The Balaban J connectivity index is 1.27. The highest BCUT2D eigenvalue weighted by Crippen LogP contribution is 2.21. The number of hydrogen-bond donors (Lipinski definition) is 1. The topological polar surface area (TPSA) is 58.0 Å². The van der Waals surface area contributed by atoms with Crippen LogP contribution in [0.5, 0.6) is 5.75 Å². The van der Waals surface area contributed by atoms with E-state index >= 15 is 0 Å². The molecule has 31 heavy (non-hydrogen) atoms. The van der Waals surface area contributed by atoms with Crippen LogP contribution in [0, 0.1) is 0 Å². The lowest BCUT2D eigenvalue weighted by Gasteiger charge is -2.35. The molecule has 1 atom stereocenters. The zero-order valence-electron chi connectivity index (χ0n) is 18.1. The molecule has 2 heterocycles. The van der Waals surface area contributed by atoms with Crippen molar-refractivity contribution in [2.75, 3.05) is 38.2 Å². The van der Waals surface area contributed by atoms with Crippen molar-refractivity contribution in [2.24, 2.45) is 0 Å². The third-order valence-corrected chi connectivity index (χ3v) is 5.72. The van der Waals surface area contributed by atoms with Gasteiger partial charge in [-0.2, -0.15) is 0 Å². The molecule has 1 saturated heterocycles. The molecule has 1 aliphatic heterocycles. The number of rotatable bonds is 7. The highest BCUT2D eigenvalue weighted by Gasteiger charge is 2.20. The van der Waals surface area contributed by atoms with Gasteiger partial charge in [0.1, 0.15) is 11.5 Å². The van der Waals surface area contributed by atoms with Crippen LogP contribution >= 0.6 is 0 Å². The average Bonchev–Trinajstić information content (AvgIpc) is 3.29. The van der Waals surface area contributed by atoms with E-state index in [4.69, 9.17) is 9.15 Å². The molecule has 1 amide bonds. The van der Waals surface area contributed by atoms with Gasteiger partial charge in [0.2, 0.25) is 0 Å². The van der Waals surface area contributed by atoms with E-state index in [0.29, 0.717) is 12.3 Å². The first-order chi connectivity index (χ1) is 15.1. The standard InChI is InChI=1S/C25H29N3O3/c1-19(20-6-4-3-5-7-20)26-25(29)24-13-12-23(31-24)18-27-14-16-28(17-15-27)21-8-10-22(30-2)11-9-21/h3-13,19H,14-18H2,1-2H3,(H,26,29). The molecule has 4 rings (SSSR count). The predicted octanol–water partition coefficient (Wildman–Crippen LogP) is 4.10. The summed E-state index contributed by atoms with van der Waals surface area (Å²) < 4.78 is 11.1. The second-order valence-electron chi connectivity index (χ2n) is 7.83. The quantitative estimate of drug-likeness (QED) is 0.625. The van der Waals surface area contributed by atoms with E-state index in [1.54, 1.807) is 13.2 Å². The molecule has 0 radical (unpaired) electrons. The second kappa shape index (κ2) is 9.71. The second-order valence-corrected chi connectivity index (χ2v) is 7.83. The van der Waals surface area contributed by atoms with Crippen LogP contribution in [0.3, 0.4) is 0 Å². The molecule has 1 aromatic heterocycles. The summed E-state index contributed by atoms with van der Waals surface area (Å²) in [5.41, 5.74) is 2.28. The fraction of sp³-hybridized carbons (Fsp3) is 0.320. The largest absolute Gasteiger partial charge is 0.497 e. The molecular formula is C25H29N3O3. The highest BCUT2D eigenvalue weighted by atomic mass is 16.5. The van der Waals surface area contributed by atoms with Gasteiger partial charge in [-0.1, -0.05) is 30.3 Å². The zero-order chi connectivity index (χ0) is 21.6. The van der Waals surface area contributed by atoms with E-state index in [9.17, 15) is 4.79 Å². The van der Waals surface area contributed by atoms with E-state index in [1.165, 1.54) is 5.69 Å². The Morgan fingerprint density at radius 3 is 2.39 bits per heavy atom. The highest BCUT2D eigenvalue weighted by molar-refractivity contribution is 5.91. The number of carbonyl (C=O) groups excluding carboxylic acids is 1. The van der Waals surface area contributed by atoms with Crippen LogP contribution in [0.25, 0.3) is 0 Å². The van der Waals surface area contributed by atoms with Gasteiger partial charge in [0, 0.05) is 31.9 Å². The van der Waals surface area contributed by atoms with Crippen LogP contribution in [0.4, 0.5) is 5.69 Å². The molecule has 6 nitrogen and oxygen atoms in total. The normalized spacial score (nSPS) is 15.5. The molecule has 2 aromatic carbocycles. The van der Waals surface area contributed by atoms with Crippen LogP contribution < -0.4 is 15.0 Å². The number of amides is 1. The number of furan rings is 1. The predicted molar refractivity (Wildman–Crippen MR) is 122 cm³/mol. The maximum Gasteiger partial charge on any atom is 0.287 e. The monoisotopic (exact) mass is 419 g/mol. The van der Waals surface area contributed by atoms with Crippen LogP contribution in [0.15, 0.2) is 71.1 Å². The third-order valence-electron chi connectivity index (χ3n) is 5.72. The molecule has 6 heteroatoms. The molecule has 162 valence electrons. The van der Waals surface area contributed by atoms with Gasteiger partial charge in [0.15, 0.2) is 5.76 Å². The molecule has 0 saturated carbocycles. The Labute approximate surface area is 183 Å². The van der Waals surface area contributed by atoms with Crippen LogP contribution in [0.2, 0.25) is 0 Å². The van der Waals surface area contributed by atoms with Crippen LogP contribution in [-0.4, -0.2) is 44.1 Å². The molecule has 0 bridgehead atoms. The summed E-state index contributed by atoms with van der Waals surface area (Å²) in [5.74, 6) is 1.86. The van der Waals surface area contributed by atoms with E-state index in [0.717, 1.165) is 43.3 Å². The van der Waals surface area contributed by atoms with Gasteiger partial charge in [-0.25, -0.2) is 0 Å². The Bertz CT molecular complexity index is 977. The van der Waals surface area contributed by atoms with Gasteiger partial charge in [-0.3, -0.25) is 9.69 Å². The molecule has 1 unspecified atom stereocenters. The first kappa shape index (κ1) is 21.0. The van der Waals surface area contributed by atoms with Gasteiger partial charge in [0.25, 0.3) is 5.91 Å². The first-order valence-electron chi connectivity index (χ1n) is 10.7. The van der Waals surface area contributed by atoms with Crippen LogP contribution in [-0.2, 0) is 6.54 Å². The number of ether oxygens (including phenoxy) is 1. The van der Waals surface area contributed by atoms with E-state index in [-0.39, 0.29) is 11.9 Å². The van der Waals surface area contributed by atoms with Crippen molar-refractivity contribution in [1.29, 1.82) is 0 Å². The Morgan fingerprint density at radius 2 is 1.71 bits per heavy atom. The number of nitrogens with one attached hydrogen (secondary N) is 1.